The first-order valence-electron chi connectivity index (χ1n) is 4.05. The van der Waals surface area contributed by atoms with E-state index >= 15 is 0 Å². The van der Waals surface area contributed by atoms with Gasteiger partial charge >= 0.3 is 0 Å². The Morgan fingerprint density at radius 1 is 1.60 bits per heavy atom. The molecule has 0 fully saturated rings. The zero-order valence-electron chi connectivity index (χ0n) is 8.04. The van der Waals surface area contributed by atoms with Crippen molar-refractivity contribution in [2.45, 2.75) is 5.16 Å². The third kappa shape index (κ3) is 4.76. The van der Waals surface area contributed by atoms with Gasteiger partial charge in [0.05, 0.1) is 5.75 Å². The van der Waals surface area contributed by atoms with Crippen LogP contribution in [0.3, 0.4) is 0 Å². The average molecular weight is 243 g/mol. The van der Waals surface area contributed by atoms with Crippen molar-refractivity contribution in [3.8, 4) is 6.07 Å². The summed E-state index contributed by atoms with van der Waals surface area (Å²) in [6.45, 7) is 0. The second kappa shape index (κ2) is 5.09. The minimum atomic E-state index is -2.95. The van der Waals surface area contributed by atoms with Gasteiger partial charge in [0.2, 0.25) is 0 Å². The van der Waals surface area contributed by atoms with Crippen LogP contribution in [0.5, 0.6) is 0 Å². The summed E-state index contributed by atoms with van der Waals surface area (Å²) < 4.78 is 21.7. The van der Waals surface area contributed by atoms with Crippen LogP contribution >= 0.6 is 11.8 Å². The van der Waals surface area contributed by atoms with Crippen molar-refractivity contribution in [3.63, 3.8) is 0 Å². The summed E-state index contributed by atoms with van der Waals surface area (Å²) in [5, 5.41) is 9.00. The van der Waals surface area contributed by atoms with Gasteiger partial charge in [0, 0.05) is 18.2 Å². The molecule has 0 spiro atoms. The lowest BCUT2D eigenvalue weighted by molar-refractivity contribution is 0.603. The lowest BCUT2D eigenvalue weighted by Crippen LogP contribution is -2.05. The number of thioether (sulfide) groups is 1. The predicted molar refractivity (Wildman–Crippen MR) is 57.2 cm³/mol. The van der Waals surface area contributed by atoms with Crippen molar-refractivity contribution in [1.82, 2.24) is 9.97 Å². The Morgan fingerprint density at radius 3 is 2.93 bits per heavy atom. The molecule has 0 saturated carbocycles. The quantitative estimate of drug-likeness (QED) is 0.565. The maximum atomic E-state index is 10.8. The van der Waals surface area contributed by atoms with E-state index in [4.69, 9.17) is 5.26 Å². The number of hydrogen-bond acceptors (Lipinski definition) is 6. The first kappa shape index (κ1) is 11.9. The van der Waals surface area contributed by atoms with Crippen LogP contribution in [-0.4, -0.2) is 36.1 Å². The van der Waals surface area contributed by atoms with Gasteiger partial charge in [0.1, 0.15) is 21.6 Å². The highest BCUT2D eigenvalue weighted by molar-refractivity contribution is 8.00. The summed E-state index contributed by atoms with van der Waals surface area (Å²) in [4.78, 5) is 7.82. The Morgan fingerprint density at radius 2 is 2.33 bits per heavy atom. The Hall–Kier alpha value is -1.13. The van der Waals surface area contributed by atoms with Crippen LogP contribution in [0.1, 0.15) is 5.69 Å². The van der Waals surface area contributed by atoms with E-state index in [1.165, 1.54) is 30.3 Å². The van der Waals surface area contributed by atoms with Crippen molar-refractivity contribution in [1.29, 1.82) is 5.26 Å². The molecule has 80 valence electrons. The number of sulfone groups is 1. The Balaban J connectivity index is 2.55. The fourth-order valence-electron chi connectivity index (χ4n) is 0.757. The molecule has 0 aliphatic heterocycles. The number of nitriles is 1. The van der Waals surface area contributed by atoms with Gasteiger partial charge in [-0.15, -0.1) is 0 Å². The fraction of sp³-hybridized carbons (Fsp3) is 0.375. The highest BCUT2D eigenvalue weighted by atomic mass is 32.2. The molecule has 0 unspecified atom stereocenters. The van der Waals surface area contributed by atoms with Crippen LogP contribution < -0.4 is 0 Å². The summed E-state index contributed by atoms with van der Waals surface area (Å²) >= 11 is 1.22. The molecular weight excluding hydrogens is 234 g/mol. The van der Waals surface area contributed by atoms with E-state index in [0.717, 1.165) is 0 Å². The maximum Gasteiger partial charge on any atom is 0.188 e. The molecule has 15 heavy (non-hydrogen) atoms. The van der Waals surface area contributed by atoms with E-state index in [0.29, 0.717) is 10.9 Å². The van der Waals surface area contributed by atoms with Gasteiger partial charge in [-0.05, 0) is 6.07 Å². The van der Waals surface area contributed by atoms with Gasteiger partial charge in [-0.3, -0.25) is 0 Å². The monoisotopic (exact) mass is 243 g/mol. The molecule has 0 N–H and O–H groups in total. The molecule has 7 heteroatoms. The SMILES string of the molecule is CS(=O)(=O)CCSc1nccc(C#N)n1. The summed E-state index contributed by atoms with van der Waals surface area (Å²) in [7, 11) is -2.95. The molecule has 0 atom stereocenters. The lowest BCUT2D eigenvalue weighted by atomic mass is 10.5. The van der Waals surface area contributed by atoms with Crippen molar-refractivity contribution < 1.29 is 8.42 Å². The molecule has 0 aromatic carbocycles. The average Bonchev–Trinajstić information content (AvgIpc) is 2.16. The molecule has 1 aromatic rings. The van der Waals surface area contributed by atoms with Crippen molar-refractivity contribution in [2.75, 3.05) is 17.8 Å². The molecular formula is C8H9N3O2S2. The highest BCUT2D eigenvalue weighted by Crippen LogP contribution is 2.12. The number of aromatic nitrogens is 2. The number of hydrogen-bond donors (Lipinski definition) is 0. The molecule has 0 amide bonds. The molecule has 1 heterocycles. The zero-order chi connectivity index (χ0) is 11.3. The maximum absolute atomic E-state index is 10.8. The molecule has 5 nitrogen and oxygen atoms in total. The van der Waals surface area contributed by atoms with E-state index in [-0.39, 0.29) is 11.4 Å². The minimum Gasteiger partial charge on any atom is -0.231 e. The molecule has 0 radical (unpaired) electrons. The van der Waals surface area contributed by atoms with E-state index < -0.39 is 9.84 Å². The summed E-state index contributed by atoms with van der Waals surface area (Å²) in [5.41, 5.74) is 0.284. The smallest absolute Gasteiger partial charge is 0.188 e. The van der Waals surface area contributed by atoms with Crippen LogP contribution in [-0.2, 0) is 9.84 Å². The Kier molecular flexibility index (Phi) is 4.05. The van der Waals surface area contributed by atoms with E-state index in [1.54, 1.807) is 0 Å². The molecule has 1 rings (SSSR count). The van der Waals surface area contributed by atoms with Gasteiger partial charge in [0.15, 0.2) is 5.16 Å². The molecule has 0 aliphatic carbocycles. The van der Waals surface area contributed by atoms with E-state index in [9.17, 15) is 8.42 Å². The van der Waals surface area contributed by atoms with Crippen LogP contribution in [0.2, 0.25) is 0 Å². The first-order chi connectivity index (χ1) is 7.01. The highest BCUT2D eigenvalue weighted by Gasteiger charge is 2.04. The van der Waals surface area contributed by atoms with Crippen LogP contribution in [0.4, 0.5) is 0 Å². The van der Waals surface area contributed by atoms with Crippen molar-refractivity contribution >= 4 is 21.6 Å². The van der Waals surface area contributed by atoms with E-state index in [1.807, 2.05) is 6.07 Å². The topological polar surface area (TPSA) is 83.7 Å². The molecule has 0 aliphatic rings. The summed E-state index contributed by atoms with van der Waals surface area (Å²) in [6.07, 6.45) is 2.66. The third-order valence-electron chi connectivity index (χ3n) is 1.43. The first-order valence-corrected chi connectivity index (χ1v) is 7.09. The normalized spacial score (nSPS) is 10.9. The molecule has 1 aromatic heterocycles. The lowest BCUT2D eigenvalue weighted by Gasteiger charge is -1.98. The van der Waals surface area contributed by atoms with Crippen LogP contribution in [0.15, 0.2) is 17.4 Å². The van der Waals surface area contributed by atoms with Gasteiger partial charge in [-0.1, -0.05) is 11.8 Å². The van der Waals surface area contributed by atoms with Crippen molar-refractivity contribution in [2.24, 2.45) is 0 Å². The summed E-state index contributed by atoms with van der Waals surface area (Å²) in [6, 6.07) is 3.39. The van der Waals surface area contributed by atoms with Gasteiger partial charge in [-0.25, -0.2) is 18.4 Å². The number of nitrogens with zero attached hydrogens (tertiary/aromatic N) is 3. The van der Waals surface area contributed by atoms with Gasteiger partial charge in [-0.2, -0.15) is 5.26 Å². The third-order valence-corrected chi connectivity index (χ3v) is 3.50. The van der Waals surface area contributed by atoms with Gasteiger partial charge in [0.25, 0.3) is 0 Å². The Bertz CT molecular complexity index is 479. The van der Waals surface area contributed by atoms with Crippen molar-refractivity contribution in [3.05, 3.63) is 18.0 Å². The van der Waals surface area contributed by atoms with Crippen LogP contribution in [0.25, 0.3) is 0 Å². The second-order valence-electron chi connectivity index (χ2n) is 2.81. The second-order valence-corrected chi connectivity index (χ2v) is 6.14. The van der Waals surface area contributed by atoms with E-state index in [2.05, 4.69) is 9.97 Å². The van der Waals surface area contributed by atoms with Gasteiger partial charge < -0.3 is 0 Å². The Labute approximate surface area is 92.5 Å². The standard InChI is InChI=1S/C8H9N3O2S2/c1-15(12,13)5-4-14-8-10-3-2-7(6-9)11-8/h2-3H,4-5H2,1H3. The predicted octanol–water partition coefficient (Wildman–Crippen LogP) is 0.485. The minimum absolute atomic E-state index is 0.0812. The fourth-order valence-corrected chi connectivity index (χ4v) is 2.78. The molecule has 0 saturated heterocycles. The largest absolute Gasteiger partial charge is 0.231 e. The summed E-state index contributed by atoms with van der Waals surface area (Å²) in [5.74, 6) is 0.478. The van der Waals surface area contributed by atoms with Crippen LogP contribution in [0, 0.1) is 11.3 Å². The zero-order valence-corrected chi connectivity index (χ0v) is 9.68. The molecule has 0 bridgehead atoms. The number of rotatable bonds is 4.